The molecule has 0 saturated heterocycles. The summed E-state index contributed by atoms with van der Waals surface area (Å²) in [7, 11) is 0. The Morgan fingerprint density at radius 1 is 1.37 bits per heavy atom. The number of nitrogens with one attached hydrogen (secondary N) is 1. The lowest BCUT2D eigenvalue weighted by Gasteiger charge is -2.39. The van der Waals surface area contributed by atoms with Crippen molar-refractivity contribution < 1.29 is 0 Å². The molecule has 0 radical (unpaired) electrons. The van der Waals surface area contributed by atoms with Crippen LogP contribution in [0.5, 0.6) is 0 Å². The molecule has 0 fully saturated rings. The topological polar surface area (TPSA) is 28.7 Å². The number of hydrogen-bond acceptors (Lipinski definition) is 1. The summed E-state index contributed by atoms with van der Waals surface area (Å²) in [6.45, 7) is 4.71. The van der Waals surface area contributed by atoms with Crippen molar-refractivity contribution in [2.75, 3.05) is 0 Å². The first kappa shape index (κ1) is 12.5. The quantitative estimate of drug-likeness (QED) is 0.873. The molecule has 1 N–H and O–H groups in total. The number of benzene rings is 1. The number of hydrogen-bond donors (Lipinski definition) is 1. The number of H-pyrrole nitrogens is 1. The zero-order valence-corrected chi connectivity index (χ0v) is 11.8. The lowest BCUT2D eigenvalue weighted by molar-refractivity contribution is 0.354. The zero-order chi connectivity index (χ0) is 13.3. The van der Waals surface area contributed by atoms with Crippen molar-refractivity contribution in [3.05, 3.63) is 53.6 Å². The molecule has 2 nitrogen and oxygen atoms in total. The second kappa shape index (κ2) is 4.84. The van der Waals surface area contributed by atoms with Gasteiger partial charge in [-0.25, -0.2) is 4.98 Å². The molecule has 2 aromatic rings. The van der Waals surface area contributed by atoms with Gasteiger partial charge in [0.2, 0.25) is 0 Å². The van der Waals surface area contributed by atoms with Gasteiger partial charge < -0.3 is 4.98 Å². The van der Waals surface area contributed by atoms with Crippen LogP contribution in [0.1, 0.15) is 55.8 Å². The maximum absolute atomic E-state index is 4.15. The molecule has 1 aliphatic carbocycles. The number of aromatic amines is 1. The van der Waals surface area contributed by atoms with Gasteiger partial charge in [-0.3, -0.25) is 0 Å². The molecule has 0 bridgehead atoms. The van der Waals surface area contributed by atoms with Crippen molar-refractivity contribution >= 4 is 0 Å². The molecule has 0 spiro atoms. The van der Waals surface area contributed by atoms with E-state index in [-0.39, 0.29) is 5.41 Å². The number of nitrogens with zero attached hydrogens (tertiary/aromatic N) is 1. The molecular weight excluding hydrogens is 232 g/mol. The van der Waals surface area contributed by atoms with E-state index in [1.807, 2.05) is 6.20 Å². The highest BCUT2D eigenvalue weighted by atomic mass is 14.9. The summed E-state index contributed by atoms with van der Waals surface area (Å²) in [4.78, 5) is 7.40. The molecule has 19 heavy (non-hydrogen) atoms. The van der Waals surface area contributed by atoms with Crippen LogP contribution >= 0.6 is 0 Å². The van der Waals surface area contributed by atoms with Crippen molar-refractivity contribution in [3.63, 3.8) is 0 Å². The predicted molar refractivity (Wildman–Crippen MR) is 78.4 cm³/mol. The Balaban J connectivity index is 1.99. The van der Waals surface area contributed by atoms with Crippen LogP contribution in [0.15, 0.2) is 36.8 Å². The molecule has 0 aliphatic heterocycles. The first-order valence-corrected chi connectivity index (χ1v) is 7.29. The minimum atomic E-state index is 0.245. The van der Waals surface area contributed by atoms with E-state index in [2.05, 4.69) is 48.1 Å². The Labute approximate surface area is 115 Å². The summed E-state index contributed by atoms with van der Waals surface area (Å²) in [6, 6.07) is 9.02. The van der Waals surface area contributed by atoms with Gasteiger partial charge in [-0.2, -0.15) is 0 Å². The Kier molecular flexibility index (Phi) is 3.17. The largest absolute Gasteiger partial charge is 0.348 e. The molecule has 100 valence electrons. The fourth-order valence-electron chi connectivity index (χ4n) is 3.59. The number of aromatic nitrogens is 2. The number of imidazole rings is 1. The van der Waals surface area contributed by atoms with Crippen molar-refractivity contribution in [3.8, 4) is 0 Å². The number of rotatable bonds is 3. The van der Waals surface area contributed by atoms with E-state index in [1.54, 1.807) is 17.5 Å². The highest BCUT2D eigenvalue weighted by Gasteiger charge is 2.35. The summed E-state index contributed by atoms with van der Waals surface area (Å²) in [5.74, 6) is 0.742. The third kappa shape index (κ3) is 2.20. The Bertz CT molecular complexity index is 544. The van der Waals surface area contributed by atoms with Gasteiger partial charge in [0, 0.05) is 11.9 Å². The van der Waals surface area contributed by atoms with Gasteiger partial charge in [0.05, 0.1) is 6.33 Å². The van der Waals surface area contributed by atoms with Crippen LogP contribution in [0.4, 0.5) is 0 Å². The van der Waals surface area contributed by atoms with E-state index in [1.165, 1.54) is 25.0 Å². The Morgan fingerprint density at radius 2 is 2.21 bits per heavy atom. The Hall–Kier alpha value is -1.57. The van der Waals surface area contributed by atoms with Crippen LogP contribution in [0.3, 0.4) is 0 Å². The monoisotopic (exact) mass is 254 g/mol. The molecule has 2 heteroatoms. The standard InChI is InChI=1S/C17H22N2/c1-3-13-8-9-17(2,10-14-11-18-12-19-14)16-7-5-4-6-15(13)16/h4-7,11-13H,3,8-10H2,1-2H3,(H,18,19). The van der Waals surface area contributed by atoms with E-state index >= 15 is 0 Å². The summed E-state index contributed by atoms with van der Waals surface area (Å²) in [5, 5.41) is 0. The molecule has 1 aromatic carbocycles. The summed E-state index contributed by atoms with van der Waals surface area (Å²) in [5.41, 5.74) is 4.60. The highest BCUT2D eigenvalue weighted by molar-refractivity contribution is 5.39. The molecule has 0 amide bonds. The minimum absolute atomic E-state index is 0.245. The highest BCUT2D eigenvalue weighted by Crippen LogP contribution is 2.45. The minimum Gasteiger partial charge on any atom is -0.348 e. The molecule has 3 rings (SSSR count). The maximum Gasteiger partial charge on any atom is 0.0921 e. The average Bonchev–Trinajstić information content (AvgIpc) is 2.92. The van der Waals surface area contributed by atoms with E-state index in [4.69, 9.17) is 0 Å². The van der Waals surface area contributed by atoms with Crippen LogP contribution < -0.4 is 0 Å². The lowest BCUT2D eigenvalue weighted by atomic mass is 9.65. The SMILES string of the molecule is CCC1CCC(C)(Cc2cnc[nH]2)c2ccccc21. The maximum atomic E-state index is 4.15. The zero-order valence-electron chi connectivity index (χ0n) is 11.8. The van der Waals surface area contributed by atoms with Gasteiger partial charge in [0.15, 0.2) is 0 Å². The van der Waals surface area contributed by atoms with Gasteiger partial charge in [-0.15, -0.1) is 0 Å². The molecule has 2 unspecified atom stereocenters. The summed E-state index contributed by atoms with van der Waals surface area (Å²) >= 11 is 0. The van der Waals surface area contributed by atoms with E-state index in [9.17, 15) is 0 Å². The van der Waals surface area contributed by atoms with Gasteiger partial charge >= 0.3 is 0 Å². The molecular formula is C17H22N2. The van der Waals surface area contributed by atoms with Crippen LogP contribution in [0, 0.1) is 0 Å². The van der Waals surface area contributed by atoms with Crippen LogP contribution in [-0.4, -0.2) is 9.97 Å². The van der Waals surface area contributed by atoms with Crippen LogP contribution in [0.2, 0.25) is 0 Å². The normalized spacial score (nSPS) is 26.1. The predicted octanol–water partition coefficient (Wildman–Crippen LogP) is 4.20. The van der Waals surface area contributed by atoms with Gasteiger partial charge in [0.25, 0.3) is 0 Å². The average molecular weight is 254 g/mol. The Morgan fingerprint density at radius 3 is 2.95 bits per heavy atom. The summed E-state index contributed by atoms with van der Waals surface area (Å²) in [6.07, 6.45) is 8.61. The molecule has 0 saturated carbocycles. The van der Waals surface area contributed by atoms with Crippen LogP contribution in [-0.2, 0) is 11.8 Å². The van der Waals surface area contributed by atoms with E-state index in [0.29, 0.717) is 0 Å². The molecule has 1 aromatic heterocycles. The van der Waals surface area contributed by atoms with Gasteiger partial charge in [-0.05, 0) is 48.1 Å². The van der Waals surface area contributed by atoms with Crippen molar-refractivity contribution in [2.45, 2.75) is 50.9 Å². The second-order valence-corrected chi connectivity index (χ2v) is 6.05. The summed E-state index contributed by atoms with van der Waals surface area (Å²) < 4.78 is 0. The molecule has 1 aliphatic rings. The molecule has 1 heterocycles. The second-order valence-electron chi connectivity index (χ2n) is 6.05. The first-order valence-electron chi connectivity index (χ1n) is 7.29. The van der Waals surface area contributed by atoms with Crippen molar-refractivity contribution in [2.24, 2.45) is 0 Å². The fourth-order valence-corrected chi connectivity index (χ4v) is 3.59. The number of fused-ring (bicyclic) bond motifs is 1. The third-order valence-electron chi connectivity index (χ3n) is 4.72. The van der Waals surface area contributed by atoms with E-state index in [0.717, 1.165) is 12.3 Å². The van der Waals surface area contributed by atoms with Crippen molar-refractivity contribution in [1.82, 2.24) is 9.97 Å². The van der Waals surface area contributed by atoms with Gasteiger partial charge in [0.1, 0.15) is 0 Å². The molecule has 2 atom stereocenters. The lowest BCUT2D eigenvalue weighted by Crippen LogP contribution is -2.31. The van der Waals surface area contributed by atoms with Crippen LogP contribution in [0.25, 0.3) is 0 Å². The van der Waals surface area contributed by atoms with Gasteiger partial charge in [-0.1, -0.05) is 38.1 Å². The smallest absolute Gasteiger partial charge is 0.0921 e. The third-order valence-corrected chi connectivity index (χ3v) is 4.72. The van der Waals surface area contributed by atoms with Crippen molar-refractivity contribution in [1.29, 1.82) is 0 Å². The first-order chi connectivity index (χ1) is 9.23. The fraction of sp³-hybridized carbons (Fsp3) is 0.471. The van der Waals surface area contributed by atoms with E-state index < -0.39 is 0 Å².